The summed E-state index contributed by atoms with van der Waals surface area (Å²) in [7, 11) is 1.36. The normalized spacial score (nSPS) is 15.9. The number of methoxy groups -OCH3 is 1. The molecule has 1 amide bonds. The molecule has 0 aromatic heterocycles. The number of ether oxygens (including phenoxy) is 1. The van der Waals surface area contributed by atoms with Gasteiger partial charge in [0, 0.05) is 38.2 Å². The number of carbonyl (C=O) groups is 2. The molecule has 0 atom stereocenters. The Morgan fingerprint density at radius 2 is 2.00 bits per heavy atom. The van der Waals surface area contributed by atoms with Crippen LogP contribution < -0.4 is 5.32 Å². The van der Waals surface area contributed by atoms with Crippen molar-refractivity contribution in [1.29, 1.82) is 0 Å². The summed E-state index contributed by atoms with van der Waals surface area (Å²) in [4.78, 5) is 24.7. The summed E-state index contributed by atoms with van der Waals surface area (Å²) in [5.41, 5.74) is 0.580. The van der Waals surface area contributed by atoms with Gasteiger partial charge in [0.2, 0.25) is 5.91 Å². The maximum Gasteiger partial charge on any atom is 0.333 e. The van der Waals surface area contributed by atoms with Gasteiger partial charge in [-0.05, 0) is 19.8 Å². The van der Waals surface area contributed by atoms with Crippen LogP contribution in [0.4, 0.5) is 0 Å². The summed E-state index contributed by atoms with van der Waals surface area (Å²) in [6, 6.07) is 0. The number of rotatable bonds is 6. The molecule has 0 bridgehead atoms. The Hall–Kier alpha value is -1.36. The number of likely N-dealkylation sites (tertiary alicyclic amines) is 1. The molecule has 0 aromatic carbocycles. The molecule has 0 spiro atoms. The lowest BCUT2D eigenvalue weighted by Crippen LogP contribution is -2.30. The van der Waals surface area contributed by atoms with E-state index in [0.717, 1.165) is 25.9 Å². The molecule has 1 aliphatic heterocycles. The van der Waals surface area contributed by atoms with Crippen LogP contribution in [0.2, 0.25) is 0 Å². The summed E-state index contributed by atoms with van der Waals surface area (Å²) < 4.78 is 4.58. The van der Waals surface area contributed by atoms with E-state index < -0.39 is 0 Å². The topological polar surface area (TPSA) is 58.6 Å². The van der Waals surface area contributed by atoms with E-state index in [2.05, 4.69) is 10.1 Å². The molecule has 5 heteroatoms. The number of hydrogen-bond donors (Lipinski definition) is 1. The molecule has 0 aliphatic carbocycles. The molecule has 1 N–H and O–H groups in total. The molecule has 18 heavy (non-hydrogen) atoms. The molecule has 102 valence electrons. The van der Waals surface area contributed by atoms with E-state index in [0.29, 0.717) is 25.1 Å². The van der Waals surface area contributed by atoms with Crippen LogP contribution in [0.15, 0.2) is 11.6 Å². The summed E-state index contributed by atoms with van der Waals surface area (Å²) in [5.74, 6) is -0.0985. The smallest absolute Gasteiger partial charge is 0.333 e. The van der Waals surface area contributed by atoms with E-state index in [1.54, 1.807) is 13.0 Å². The first-order valence-corrected chi connectivity index (χ1v) is 6.38. The monoisotopic (exact) mass is 254 g/mol. The molecule has 0 unspecified atom stereocenters. The van der Waals surface area contributed by atoms with E-state index in [1.807, 2.05) is 4.90 Å². The third-order valence-electron chi connectivity index (χ3n) is 3.03. The van der Waals surface area contributed by atoms with Gasteiger partial charge in [-0.3, -0.25) is 4.79 Å². The van der Waals surface area contributed by atoms with Crippen LogP contribution in [0.3, 0.4) is 0 Å². The third-order valence-corrected chi connectivity index (χ3v) is 3.03. The molecule has 1 fully saturated rings. The van der Waals surface area contributed by atoms with Crippen molar-refractivity contribution in [1.82, 2.24) is 10.2 Å². The zero-order chi connectivity index (χ0) is 13.4. The number of esters is 1. The van der Waals surface area contributed by atoms with Crippen molar-refractivity contribution in [2.45, 2.75) is 26.2 Å². The lowest BCUT2D eigenvalue weighted by Gasteiger charge is -2.14. The van der Waals surface area contributed by atoms with E-state index in [1.165, 1.54) is 7.11 Å². The van der Waals surface area contributed by atoms with Gasteiger partial charge < -0.3 is 15.0 Å². The highest BCUT2D eigenvalue weighted by atomic mass is 16.5. The van der Waals surface area contributed by atoms with Crippen molar-refractivity contribution < 1.29 is 14.3 Å². The minimum absolute atomic E-state index is 0.216. The van der Waals surface area contributed by atoms with Crippen LogP contribution in [-0.4, -0.2) is 50.1 Å². The Labute approximate surface area is 108 Å². The lowest BCUT2D eigenvalue weighted by atomic mass is 10.3. The average molecular weight is 254 g/mol. The first-order chi connectivity index (χ1) is 8.65. The van der Waals surface area contributed by atoms with Crippen LogP contribution in [0.5, 0.6) is 0 Å². The standard InChI is InChI=1S/C13H22N2O3/c1-11(13(17)18-2)5-7-14-8-6-12(16)15-9-3-4-10-15/h5,14H,3-4,6-10H2,1-2H3. The molecule has 0 saturated carbocycles. The van der Waals surface area contributed by atoms with Gasteiger partial charge in [0.05, 0.1) is 7.11 Å². The second-order valence-corrected chi connectivity index (χ2v) is 4.42. The van der Waals surface area contributed by atoms with Gasteiger partial charge in [0.1, 0.15) is 0 Å². The Morgan fingerprint density at radius 1 is 1.33 bits per heavy atom. The van der Waals surface area contributed by atoms with E-state index in [9.17, 15) is 9.59 Å². The van der Waals surface area contributed by atoms with Crippen LogP contribution in [-0.2, 0) is 14.3 Å². The van der Waals surface area contributed by atoms with Crippen LogP contribution >= 0.6 is 0 Å². The highest BCUT2D eigenvalue weighted by Gasteiger charge is 2.16. The maximum atomic E-state index is 11.7. The fraction of sp³-hybridized carbons (Fsp3) is 0.692. The third kappa shape index (κ3) is 4.87. The van der Waals surface area contributed by atoms with Crippen molar-refractivity contribution in [3.8, 4) is 0 Å². The molecular weight excluding hydrogens is 232 g/mol. The summed E-state index contributed by atoms with van der Waals surface area (Å²) in [5, 5.41) is 3.12. The van der Waals surface area contributed by atoms with Crippen molar-refractivity contribution in [3.63, 3.8) is 0 Å². The quantitative estimate of drug-likeness (QED) is 0.431. The van der Waals surface area contributed by atoms with E-state index in [-0.39, 0.29) is 11.9 Å². The van der Waals surface area contributed by atoms with Gasteiger partial charge in [-0.2, -0.15) is 0 Å². The zero-order valence-electron chi connectivity index (χ0n) is 11.2. The van der Waals surface area contributed by atoms with Gasteiger partial charge in [-0.1, -0.05) is 6.08 Å². The van der Waals surface area contributed by atoms with Crippen LogP contribution in [0.25, 0.3) is 0 Å². The summed E-state index contributed by atoms with van der Waals surface area (Å²) in [6.45, 7) is 4.73. The molecular formula is C13H22N2O3. The molecule has 0 aromatic rings. The van der Waals surface area contributed by atoms with Crippen molar-refractivity contribution in [3.05, 3.63) is 11.6 Å². The predicted octanol–water partition coefficient (Wildman–Crippen LogP) is 0.708. The Kier molecular flexibility index (Phi) is 6.43. The fourth-order valence-corrected chi connectivity index (χ4v) is 1.89. The zero-order valence-corrected chi connectivity index (χ0v) is 11.2. The van der Waals surface area contributed by atoms with E-state index >= 15 is 0 Å². The largest absolute Gasteiger partial charge is 0.466 e. The summed E-state index contributed by atoms with van der Waals surface area (Å²) >= 11 is 0. The van der Waals surface area contributed by atoms with Crippen LogP contribution in [0.1, 0.15) is 26.2 Å². The number of hydrogen-bond acceptors (Lipinski definition) is 4. The van der Waals surface area contributed by atoms with Gasteiger partial charge in [0.25, 0.3) is 0 Å². The number of amides is 1. The fourth-order valence-electron chi connectivity index (χ4n) is 1.89. The van der Waals surface area contributed by atoms with Gasteiger partial charge in [-0.15, -0.1) is 0 Å². The second-order valence-electron chi connectivity index (χ2n) is 4.42. The molecule has 1 aliphatic rings. The van der Waals surface area contributed by atoms with Crippen molar-refractivity contribution >= 4 is 11.9 Å². The number of nitrogens with one attached hydrogen (secondary N) is 1. The predicted molar refractivity (Wildman–Crippen MR) is 69.1 cm³/mol. The first kappa shape index (κ1) is 14.7. The number of carbonyl (C=O) groups excluding carboxylic acids is 2. The van der Waals surface area contributed by atoms with E-state index in [4.69, 9.17) is 0 Å². The highest BCUT2D eigenvalue weighted by molar-refractivity contribution is 5.87. The molecule has 1 heterocycles. The SMILES string of the molecule is COC(=O)C(C)=CCNCCC(=O)N1CCCC1. The minimum Gasteiger partial charge on any atom is -0.466 e. The minimum atomic E-state index is -0.315. The Morgan fingerprint density at radius 3 is 2.61 bits per heavy atom. The first-order valence-electron chi connectivity index (χ1n) is 6.38. The molecule has 5 nitrogen and oxygen atoms in total. The maximum absolute atomic E-state index is 11.7. The lowest BCUT2D eigenvalue weighted by molar-refractivity contribution is -0.136. The Bertz CT molecular complexity index is 320. The average Bonchev–Trinajstić information content (AvgIpc) is 2.90. The van der Waals surface area contributed by atoms with Crippen LogP contribution in [0, 0.1) is 0 Å². The van der Waals surface area contributed by atoms with Gasteiger partial charge in [0.15, 0.2) is 0 Å². The Balaban J connectivity index is 2.11. The molecule has 1 rings (SSSR count). The summed E-state index contributed by atoms with van der Waals surface area (Å²) in [6.07, 6.45) is 4.54. The van der Waals surface area contributed by atoms with Gasteiger partial charge in [-0.25, -0.2) is 4.79 Å². The molecule has 0 radical (unpaired) electrons. The van der Waals surface area contributed by atoms with Crippen molar-refractivity contribution in [2.75, 3.05) is 33.3 Å². The number of nitrogens with zero attached hydrogens (tertiary/aromatic N) is 1. The second kappa shape index (κ2) is 7.87. The molecule has 1 saturated heterocycles. The van der Waals surface area contributed by atoms with Crippen molar-refractivity contribution in [2.24, 2.45) is 0 Å². The highest BCUT2D eigenvalue weighted by Crippen LogP contribution is 2.08. The van der Waals surface area contributed by atoms with Gasteiger partial charge >= 0.3 is 5.97 Å².